The van der Waals surface area contributed by atoms with Crippen LogP contribution in [0.1, 0.15) is 25.7 Å². The lowest BCUT2D eigenvalue weighted by Crippen LogP contribution is -2.42. The van der Waals surface area contributed by atoms with Crippen LogP contribution in [0.5, 0.6) is 0 Å². The molecule has 128 valence electrons. The molecule has 0 radical (unpaired) electrons. The molecule has 0 aromatic carbocycles. The number of hydrogen-bond acceptors (Lipinski definition) is 6. The maximum atomic E-state index is 12.2. The highest BCUT2D eigenvalue weighted by Gasteiger charge is 2.35. The minimum atomic E-state index is 0.298. The summed E-state index contributed by atoms with van der Waals surface area (Å²) in [6.45, 7) is 2.47. The molecule has 2 aromatic rings. The Labute approximate surface area is 140 Å². The molecule has 0 bridgehead atoms. The summed E-state index contributed by atoms with van der Waals surface area (Å²) in [5, 5.41) is 8.21. The summed E-state index contributed by atoms with van der Waals surface area (Å²) in [5.74, 6) is 2.02. The van der Waals surface area contributed by atoms with Gasteiger partial charge in [-0.2, -0.15) is 15.1 Å². The molecule has 1 unspecified atom stereocenters. The zero-order valence-electron chi connectivity index (χ0n) is 13.9. The standard InChI is InChI=1S/C16H23N7O/c1-22-14-12(8-19-22)13(17)20-16(21-14)18-7-10-3-2-6-23(9-10)15(24)11-4-5-11/h8,10-11H,2-7,9H2,1H3,(H3,17,18,20,21). The Kier molecular flexibility index (Phi) is 3.74. The molecule has 1 amide bonds. The Balaban J connectivity index is 1.41. The first-order chi connectivity index (χ1) is 11.6. The fourth-order valence-electron chi connectivity index (χ4n) is 3.38. The Hall–Kier alpha value is -2.38. The average molecular weight is 329 g/mol. The maximum Gasteiger partial charge on any atom is 0.226 e. The number of aryl methyl sites for hydroxylation is 1. The summed E-state index contributed by atoms with van der Waals surface area (Å²) in [7, 11) is 1.83. The summed E-state index contributed by atoms with van der Waals surface area (Å²) in [5.41, 5.74) is 6.71. The predicted octanol–water partition coefficient (Wildman–Crippen LogP) is 1.01. The number of aromatic nitrogens is 4. The van der Waals surface area contributed by atoms with Gasteiger partial charge in [0.1, 0.15) is 5.82 Å². The number of nitrogens with zero attached hydrogens (tertiary/aromatic N) is 5. The second-order valence-electron chi connectivity index (χ2n) is 6.89. The molecule has 1 atom stereocenters. The van der Waals surface area contributed by atoms with Crippen molar-refractivity contribution < 1.29 is 4.79 Å². The molecule has 3 N–H and O–H groups in total. The fourth-order valence-corrected chi connectivity index (χ4v) is 3.38. The van der Waals surface area contributed by atoms with Crippen LogP contribution >= 0.6 is 0 Å². The number of carbonyl (C=O) groups excluding carboxylic acids is 1. The largest absolute Gasteiger partial charge is 0.383 e. The molecule has 1 aliphatic carbocycles. The van der Waals surface area contributed by atoms with E-state index in [1.165, 1.54) is 0 Å². The van der Waals surface area contributed by atoms with Gasteiger partial charge < -0.3 is 16.0 Å². The number of carbonyl (C=O) groups is 1. The third-order valence-electron chi connectivity index (χ3n) is 4.93. The first-order valence-electron chi connectivity index (χ1n) is 8.59. The minimum absolute atomic E-state index is 0.298. The van der Waals surface area contributed by atoms with Gasteiger partial charge in [0.05, 0.1) is 11.6 Å². The van der Waals surface area contributed by atoms with Gasteiger partial charge in [0, 0.05) is 32.6 Å². The Morgan fingerprint density at radius 2 is 2.21 bits per heavy atom. The van der Waals surface area contributed by atoms with E-state index in [2.05, 4.69) is 20.4 Å². The van der Waals surface area contributed by atoms with Crippen LogP contribution in [0.2, 0.25) is 0 Å². The van der Waals surface area contributed by atoms with Gasteiger partial charge in [0.2, 0.25) is 11.9 Å². The zero-order chi connectivity index (χ0) is 16.7. The number of rotatable bonds is 4. The molecule has 24 heavy (non-hydrogen) atoms. The summed E-state index contributed by atoms with van der Waals surface area (Å²) in [6.07, 6.45) is 5.99. The maximum absolute atomic E-state index is 12.2. The summed E-state index contributed by atoms with van der Waals surface area (Å²) < 4.78 is 1.69. The highest BCUT2D eigenvalue weighted by atomic mass is 16.2. The average Bonchev–Trinajstić information content (AvgIpc) is 3.37. The third-order valence-corrected chi connectivity index (χ3v) is 4.93. The van der Waals surface area contributed by atoms with E-state index in [-0.39, 0.29) is 0 Å². The summed E-state index contributed by atoms with van der Waals surface area (Å²) in [4.78, 5) is 23.1. The van der Waals surface area contributed by atoms with Gasteiger partial charge in [-0.15, -0.1) is 0 Å². The molecule has 3 heterocycles. The number of nitrogen functional groups attached to an aromatic ring is 1. The van der Waals surface area contributed by atoms with Crippen LogP contribution in [0.3, 0.4) is 0 Å². The molecule has 2 fully saturated rings. The van der Waals surface area contributed by atoms with E-state index in [0.29, 0.717) is 29.5 Å². The highest BCUT2D eigenvalue weighted by molar-refractivity contribution is 5.86. The summed E-state index contributed by atoms with van der Waals surface area (Å²) in [6, 6.07) is 0. The lowest BCUT2D eigenvalue weighted by molar-refractivity contribution is -0.134. The SMILES string of the molecule is Cn1ncc2c(N)nc(NCC3CCCN(C(=O)C4CC4)C3)nc21. The molecule has 0 spiro atoms. The second-order valence-corrected chi connectivity index (χ2v) is 6.89. The van der Waals surface area contributed by atoms with Crippen LogP contribution in [-0.2, 0) is 11.8 Å². The van der Waals surface area contributed by atoms with Crippen molar-refractivity contribution in [1.82, 2.24) is 24.6 Å². The first kappa shape index (κ1) is 15.2. The molecule has 4 rings (SSSR count). The van der Waals surface area contributed by atoms with Crippen molar-refractivity contribution in [2.45, 2.75) is 25.7 Å². The van der Waals surface area contributed by atoms with Crippen molar-refractivity contribution in [2.24, 2.45) is 18.9 Å². The number of nitrogens with two attached hydrogens (primary N) is 1. The van der Waals surface area contributed by atoms with Crippen molar-refractivity contribution in [3.05, 3.63) is 6.20 Å². The van der Waals surface area contributed by atoms with Crippen LogP contribution < -0.4 is 11.1 Å². The number of amides is 1. The molecule has 2 aliphatic rings. The zero-order valence-corrected chi connectivity index (χ0v) is 13.9. The van der Waals surface area contributed by atoms with Gasteiger partial charge >= 0.3 is 0 Å². The van der Waals surface area contributed by atoms with Gasteiger partial charge in [-0.05, 0) is 31.6 Å². The van der Waals surface area contributed by atoms with Gasteiger partial charge in [-0.1, -0.05) is 0 Å². The smallest absolute Gasteiger partial charge is 0.226 e. The van der Waals surface area contributed by atoms with Crippen molar-refractivity contribution >= 4 is 28.7 Å². The number of hydrogen-bond donors (Lipinski definition) is 2. The molecule has 1 aliphatic heterocycles. The van der Waals surface area contributed by atoms with E-state index in [0.717, 1.165) is 56.4 Å². The van der Waals surface area contributed by atoms with E-state index < -0.39 is 0 Å². The number of piperidine rings is 1. The van der Waals surface area contributed by atoms with E-state index in [4.69, 9.17) is 5.73 Å². The second kappa shape index (κ2) is 5.92. The Bertz CT molecular complexity index is 767. The topological polar surface area (TPSA) is 102 Å². The summed E-state index contributed by atoms with van der Waals surface area (Å²) >= 11 is 0. The lowest BCUT2D eigenvalue weighted by Gasteiger charge is -2.33. The van der Waals surface area contributed by atoms with E-state index in [1.807, 2.05) is 11.9 Å². The van der Waals surface area contributed by atoms with Crippen molar-refractivity contribution in [2.75, 3.05) is 30.7 Å². The van der Waals surface area contributed by atoms with Gasteiger partial charge in [0.15, 0.2) is 5.65 Å². The third kappa shape index (κ3) is 2.88. The van der Waals surface area contributed by atoms with Crippen molar-refractivity contribution in [3.8, 4) is 0 Å². The van der Waals surface area contributed by atoms with E-state index in [9.17, 15) is 4.79 Å². The van der Waals surface area contributed by atoms with Crippen LogP contribution in [0.4, 0.5) is 11.8 Å². The van der Waals surface area contributed by atoms with Crippen molar-refractivity contribution in [1.29, 1.82) is 0 Å². The van der Waals surface area contributed by atoms with Crippen LogP contribution in [0.25, 0.3) is 11.0 Å². The molecule has 2 aromatic heterocycles. The number of likely N-dealkylation sites (tertiary alicyclic amines) is 1. The molecule has 1 saturated carbocycles. The molecule has 1 saturated heterocycles. The molecule has 8 nitrogen and oxygen atoms in total. The lowest BCUT2D eigenvalue weighted by atomic mass is 9.97. The predicted molar refractivity (Wildman–Crippen MR) is 91.2 cm³/mol. The Morgan fingerprint density at radius 3 is 3.00 bits per heavy atom. The number of anilines is 2. The molecular formula is C16H23N7O. The number of fused-ring (bicyclic) bond motifs is 1. The Morgan fingerprint density at radius 1 is 1.38 bits per heavy atom. The van der Waals surface area contributed by atoms with Crippen LogP contribution in [-0.4, -0.2) is 50.2 Å². The molecule has 8 heteroatoms. The van der Waals surface area contributed by atoms with Crippen LogP contribution in [0, 0.1) is 11.8 Å². The normalized spacial score (nSPS) is 21.2. The minimum Gasteiger partial charge on any atom is -0.383 e. The first-order valence-corrected chi connectivity index (χ1v) is 8.59. The molecular weight excluding hydrogens is 306 g/mol. The fraction of sp³-hybridized carbons (Fsp3) is 0.625. The monoisotopic (exact) mass is 329 g/mol. The quantitative estimate of drug-likeness (QED) is 0.868. The van der Waals surface area contributed by atoms with E-state index >= 15 is 0 Å². The van der Waals surface area contributed by atoms with Gasteiger partial charge in [-0.3, -0.25) is 9.48 Å². The van der Waals surface area contributed by atoms with Crippen molar-refractivity contribution in [3.63, 3.8) is 0 Å². The van der Waals surface area contributed by atoms with Gasteiger partial charge in [0.25, 0.3) is 0 Å². The highest BCUT2D eigenvalue weighted by Crippen LogP contribution is 2.32. The number of nitrogens with one attached hydrogen (secondary N) is 1. The van der Waals surface area contributed by atoms with Gasteiger partial charge in [-0.25, -0.2) is 0 Å². The van der Waals surface area contributed by atoms with E-state index in [1.54, 1.807) is 10.9 Å². The van der Waals surface area contributed by atoms with Crippen LogP contribution in [0.15, 0.2) is 6.20 Å².